The van der Waals surface area contributed by atoms with E-state index in [4.69, 9.17) is 16.6 Å². The van der Waals surface area contributed by atoms with Gasteiger partial charge >= 0.3 is 0 Å². The fourth-order valence-corrected chi connectivity index (χ4v) is 3.81. The molecule has 2 aliphatic heterocycles. The molecule has 8 nitrogen and oxygen atoms in total. The Morgan fingerprint density at radius 2 is 1.91 bits per heavy atom. The molecule has 168 valence electrons. The number of fused-ring (bicyclic) bond motifs is 1. The maximum Gasteiger partial charge on any atom is 0.255 e. The molecule has 7 N–H and O–H groups in total. The van der Waals surface area contributed by atoms with Crippen LogP contribution in [-0.2, 0) is 13.1 Å². The van der Waals surface area contributed by atoms with E-state index in [-0.39, 0.29) is 17.4 Å². The van der Waals surface area contributed by atoms with Gasteiger partial charge in [-0.25, -0.2) is 4.39 Å². The average molecular weight is 438 g/mol. The number of guanidine groups is 1. The van der Waals surface area contributed by atoms with Gasteiger partial charge < -0.3 is 26.6 Å². The van der Waals surface area contributed by atoms with Gasteiger partial charge in [0.2, 0.25) is 0 Å². The van der Waals surface area contributed by atoms with Crippen LogP contribution in [0.15, 0.2) is 42.5 Å². The van der Waals surface area contributed by atoms with Crippen LogP contribution in [-0.4, -0.2) is 48.1 Å². The van der Waals surface area contributed by atoms with Crippen molar-refractivity contribution >= 4 is 29.5 Å². The van der Waals surface area contributed by atoms with Crippen LogP contribution in [0, 0.1) is 16.6 Å². The lowest BCUT2D eigenvalue weighted by atomic mass is 9.97. The van der Waals surface area contributed by atoms with Crippen molar-refractivity contribution in [2.75, 3.05) is 25.5 Å². The zero-order valence-electron chi connectivity index (χ0n) is 18.0. The number of rotatable bonds is 4. The molecule has 2 heterocycles. The Balaban J connectivity index is 0.00000141. The van der Waals surface area contributed by atoms with E-state index in [9.17, 15) is 9.18 Å². The third-order valence-corrected chi connectivity index (χ3v) is 5.53. The van der Waals surface area contributed by atoms with E-state index in [2.05, 4.69) is 11.1 Å². The molecule has 0 saturated heterocycles. The highest BCUT2D eigenvalue weighted by Gasteiger charge is 2.21. The fourth-order valence-electron chi connectivity index (χ4n) is 3.81. The number of amides is 1. The quantitative estimate of drug-likeness (QED) is 0.370. The highest BCUT2D eigenvalue weighted by molar-refractivity contribution is 6.04. The summed E-state index contributed by atoms with van der Waals surface area (Å²) in [5.74, 6) is -0.788. The molecule has 0 radical (unpaired) electrons. The van der Waals surface area contributed by atoms with E-state index in [0.717, 1.165) is 16.7 Å². The van der Waals surface area contributed by atoms with E-state index < -0.39 is 5.82 Å². The van der Waals surface area contributed by atoms with E-state index in [1.54, 1.807) is 23.1 Å². The topological polar surface area (TPSA) is 135 Å². The Kier molecular flexibility index (Phi) is 7.21. The van der Waals surface area contributed by atoms with Crippen molar-refractivity contribution in [3.05, 3.63) is 70.5 Å². The van der Waals surface area contributed by atoms with Crippen molar-refractivity contribution in [1.82, 2.24) is 9.80 Å². The van der Waals surface area contributed by atoms with Gasteiger partial charge in [0.1, 0.15) is 5.82 Å². The van der Waals surface area contributed by atoms with Gasteiger partial charge in [-0.1, -0.05) is 18.2 Å². The average Bonchev–Trinajstić information content (AvgIpc) is 3.24. The van der Waals surface area contributed by atoms with Crippen LogP contribution in [0.1, 0.15) is 33.5 Å². The maximum absolute atomic E-state index is 14.7. The molecular formula is C23H28FN7O. The molecule has 9 heteroatoms. The Morgan fingerprint density at radius 3 is 2.53 bits per heavy atom. The van der Waals surface area contributed by atoms with Crippen LogP contribution in [0.5, 0.6) is 0 Å². The van der Waals surface area contributed by atoms with E-state index in [0.29, 0.717) is 43.9 Å². The van der Waals surface area contributed by atoms with Crippen LogP contribution in [0.3, 0.4) is 0 Å². The van der Waals surface area contributed by atoms with Crippen LogP contribution in [0.4, 0.5) is 10.1 Å². The molecule has 0 saturated carbocycles. The summed E-state index contributed by atoms with van der Waals surface area (Å²) in [6.45, 7) is 2.37. The molecule has 32 heavy (non-hydrogen) atoms. The minimum atomic E-state index is -0.428. The van der Waals surface area contributed by atoms with Crippen molar-refractivity contribution in [3.63, 3.8) is 0 Å². The Bertz CT molecular complexity index is 1070. The number of carbonyl (C=O) groups is 1. The molecule has 0 unspecified atom stereocenters. The number of hydrogen-bond donors (Lipinski definition) is 5. The molecule has 2 aromatic rings. The lowest BCUT2D eigenvalue weighted by Crippen LogP contribution is -2.31. The third kappa shape index (κ3) is 4.94. The Hall–Kier alpha value is -3.72. The van der Waals surface area contributed by atoms with Gasteiger partial charge in [0.15, 0.2) is 5.96 Å². The van der Waals surface area contributed by atoms with Gasteiger partial charge in [-0.3, -0.25) is 15.6 Å². The standard InChI is InChI=1S/C22H23FN6O.CH5N/c23-20-10-15(2-4-19(20)14-5-7-28(13-24)8-6-14)21(30)27-18-3-1-16-11-29(22(25)26)12-17(16)9-18;1-2/h1-5,9-10,13,24H,6-8,11-12H2,(H3,25,26)(H,27,30);2H2,1H3. The highest BCUT2D eigenvalue weighted by Crippen LogP contribution is 2.27. The largest absolute Gasteiger partial charge is 0.370 e. The van der Waals surface area contributed by atoms with Crippen molar-refractivity contribution in [3.8, 4) is 0 Å². The number of nitrogens with one attached hydrogen (secondary N) is 3. The van der Waals surface area contributed by atoms with Crippen molar-refractivity contribution in [1.29, 1.82) is 10.8 Å². The van der Waals surface area contributed by atoms with Crippen molar-refractivity contribution < 1.29 is 9.18 Å². The van der Waals surface area contributed by atoms with Crippen molar-refractivity contribution in [2.45, 2.75) is 19.5 Å². The molecule has 4 rings (SSSR count). The van der Waals surface area contributed by atoms with Gasteiger partial charge in [0.25, 0.3) is 5.91 Å². The number of nitrogens with zero attached hydrogens (tertiary/aromatic N) is 2. The van der Waals surface area contributed by atoms with Gasteiger partial charge in [-0.15, -0.1) is 0 Å². The number of anilines is 1. The minimum Gasteiger partial charge on any atom is -0.370 e. The monoisotopic (exact) mass is 437 g/mol. The molecule has 0 atom stereocenters. The molecule has 2 aliphatic rings. The lowest BCUT2D eigenvalue weighted by Gasteiger charge is -2.24. The number of hydrogen-bond acceptors (Lipinski definition) is 4. The van der Waals surface area contributed by atoms with Crippen LogP contribution < -0.4 is 16.8 Å². The van der Waals surface area contributed by atoms with Crippen LogP contribution in [0.25, 0.3) is 5.57 Å². The number of nitrogens with two attached hydrogens (primary N) is 2. The first-order chi connectivity index (χ1) is 15.4. The van der Waals surface area contributed by atoms with E-state index in [1.165, 1.54) is 19.5 Å². The predicted octanol–water partition coefficient (Wildman–Crippen LogP) is 2.56. The predicted molar refractivity (Wildman–Crippen MR) is 125 cm³/mol. The molecule has 0 fully saturated rings. The number of halogens is 1. The summed E-state index contributed by atoms with van der Waals surface area (Å²) in [5, 5.41) is 17.7. The Labute approximate surface area is 186 Å². The minimum absolute atomic E-state index is 0.0194. The first kappa shape index (κ1) is 23.0. The van der Waals surface area contributed by atoms with Crippen LogP contribution >= 0.6 is 0 Å². The number of benzene rings is 2. The fraction of sp³-hybridized carbons (Fsp3) is 0.261. The van der Waals surface area contributed by atoms with Gasteiger partial charge in [0.05, 0.1) is 6.34 Å². The second kappa shape index (κ2) is 10.1. The maximum atomic E-state index is 14.7. The first-order valence-corrected chi connectivity index (χ1v) is 10.3. The summed E-state index contributed by atoms with van der Waals surface area (Å²) in [7, 11) is 1.50. The summed E-state index contributed by atoms with van der Waals surface area (Å²) in [4.78, 5) is 16.2. The van der Waals surface area contributed by atoms with Gasteiger partial charge in [-0.05, 0) is 54.4 Å². The second-order valence-corrected chi connectivity index (χ2v) is 7.48. The molecule has 1 amide bonds. The second-order valence-electron chi connectivity index (χ2n) is 7.48. The molecular weight excluding hydrogens is 409 g/mol. The zero-order valence-corrected chi connectivity index (χ0v) is 18.0. The smallest absolute Gasteiger partial charge is 0.255 e. The van der Waals surface area contributed by atoms with E-state index >= 15 is 0 Å². The SMILES string of the molecule is CN.N=CN1CC=C(c2ccc(C(=O)Nc3ccc4c(c3)CN(C(=N)N)C4)cc2F)CC1. The zero-order chi connectivity index (χ0) is 23.3. The molecule has 2 aromatic carbocycles. The van der Waals surface area contributed by atoms with Gasteiger partial charge in [-0.2, -0.15) is 0 Å². The van der Waals surface area contributed by atoms with E-state index in [1.807, 2.05) is 23.1 Å². The third-order valence-electron chi connectivity index (χ3n) is 5.53. The number of carbonyl (C=O) groups excluding carboxylic acids is 1. The van der Waals surface area contributed by atoms with Crippen molar-refractivity contribution in [2.24, 2.45) is 11.5 Å². The normalized spacial score (nSPS) is 14.7. The summed E-state index contributed by atoms with van der Waals surface area (Å²) >= 11 is 0. The Morgan fingerprint density at radius 1 is 1.16 bits per heavy atom. The lowest BCUT2D eigenvalue weighted by molar-refractivity contribution is 0.102. The summed E-state index contributed by atoms with van der Waals surface area (Å²) < 4.78 is 14.7. The van der Waals surface area contributed by atoms with Gasteiger partial charge in [0, 0.05) is 43.0 Å². The molecule has 0 aliphatic carbocycles. The molecule has 0 aromatic heterocycles. The summed E-state index contributed by atoms with van der Waals surface area (Å²) in [6.07, 6.45) is 3.86. The van der Waals surface area contributed by atoms with Crippen LogP contribution in [0.2, 0.25) is 0 Å². The molecule has 0 spiro atoms. The summed E-state index contributed by atoms with van der Waals surface area (Å²) in [5.41, 5.74) is 14.4. The first-order valence-electron chi connectivity index (χ1n) is 10.3. The molecule has 0 bridgehead atoms. The summed E-state index contributed by atoms with van der Waals surface area (Å²) in [6, 6.07) is 10.1. The highest BCUT2D eigenvalue weighted by atomic mass is 19.1.